The Labute approximate surface area is 193 Å². The number of piperidine rings is 1. The molecule has 3 aromatic rings. The Morgan fingerprint density at radius 2 is 1.77 bits per heavy atom. The van der Waals surface area contributed by atoms with Gasteiger partial charge < -0.3 is 4.90 Å². The summed E-state index contributed by atoms with van der Waals surface area (Å²) in [5.74, 6) is -0.561. The lowest BCUT2D eigenvalue weighted by Crippen LogP contribution is -2.39. The van der Waals surface area contributed by atoms with Gasteiger partial charge in [0.25, 0.3) is 0 Å². The van der Waals surface area contributed by atoms with Gasteiger partial charge in [0.1, 0.15) is 5.82 Å². The van der Waals surface area contributed by atoms with Crippen LogP contribution >= 0.6 is 46.1 Å². The van der Waals surface area contributed by atoms with E-state index in [4.69, 9.17) is 34.8 Å². The normalized spacial score (nSPS) is 15.5. The molecule has 0 saturated carbocycles. The summed E-state index contributed by atoms with van der Waals surface area (Å²) in [6.45, 7) is 1.09. The molecule has 10 heteroatoms. The first-order valence-electron chi connectivity index (χ1n) is 9.10. The van der Waals surface area contributed by atoms with Gasteiger partial charge in [0.05, 0.1) is 25.9 Å². The second-order valence-corrected chi connectivity index (χ2v) is 11.2. The van der Waals surface area contributed by atoms with E-state index in [2.05, 4.69) is 9.88 Å². The zero-order chi connectivity index (χ0) is 21.5. The highest BCUT2D eigenvalue weighted by molar-refractivity contribution is 7.92. The van der Waals surface area contributed by atoms with Crippen molar-refractivity contribution < 1.29 is 12.8 Å². The molecule has 0 aliphatic carbocycles. The van der Waals surface area contributed by atoms with Crippen LogP contribution in [0, 0.1) is 5.82 Å². The third-order valence-corrected chi connectivity index (χ3v) is 9.24. The SMILES string of the molecule is O=S(=O)(c1ccc(F)cc1Cl)C1CCN(c2nc(-c3ccc(Cl)cc3Cl)cs2)CC1. The molecule has 0 radical (unpaired) electrons. The van der Waals surface area contributed by atoms with Gasteiger partial charge in [-0.1, -0.05) is 34.8 Å². The predicted octanol–water partition coefficient (Wildman–Crippen LogP) is 6.35. The van der Waals surface area contributed by atoms with E-state index in [9.17, 15) is 12.8 Å². The molecule has 2 aromatic carbocycles. The molecule has 158 valence electrons. The van der Waals surface area contributed by atoms with E-state index in [1.807, 2.05) is 11.4 Å². The predicted molar refractivity (Wildman–Crippen MR) is 121 cm³/mol. The lowest BCUT2D eigenvalue weighted by Gasteiger charge is -2.31. The molecule has 0 unspecified atom stereocenters. The van der Waals surface area contributed by atoms with Crippen LogP contribution in [0.3, 0.4) is 0 Å². The van der Waals surface area contributed by atoms with E-state index in [1.165, 1.54) is 17.4 Å². The number of rotatable bonds is 4. The third-order valence-electron chi connectivity index (χ3n) is 5.05. The smallest absolute Gasteiger partial charge is 0.185 e. The van der Waals surface area contributed by atoms with Crippen LogP contribution in [0.15, 0.2) is 46.7 Å². The Morgan fingerprint density at radius 1 is 1.03 bits per heavy atom. The van der Waals surface area contributed by atoms with Crippen molar-refractivity contribution in [2.75, 3.05) is 18.0 Å². The maximum atomic E-state index is 13.3. The molecule has 0 atom stereocenters. The Morgan fingerprint density at radius 3 is 2.43 bits per heavy atom. The molecule has 1 aliphatic rings. The first-order valence-corrected chi connectivity index (χ1v) is 12.7. The van der Waals surface area contributed by atoms with Crippen molar-refractivity contribution in [3.63, 3.8) is 0 Å². The fourth-order valence-corrected chi connectivity index (χ4v) is 7.13. The molecular formula is C20H16Cl3FN2O2S2. The monoisotopic (exact) mass is 504 g/mol. The average molecular weight is 506 g/mol. The van der Waals surface area contributed by atoms with Gasteiger partial charge in [-0.05, 0) is 49.2 Å². The standard InChI is InChI=1S/C20H16Cl3FN2O2S2/c21-12-1-3-15(16(22)9-12)18-11-29-20(25-18)26-7-5-14(6-8-26)30(27,28)19-4-2-13(24)10-17(19)23/h1-4,9-11,14H,5-8H2. The van der Waals surface area contributed by atoms with Crippen molar-refractivity contribution in [3.05, 3.63) is 62.7 Å². The minimum absolute atomic E-state index is 0.0158. The molecular weight excluding hydrogens is 490 g/mol. The largest absolute Gasteiger partial charge is 0.348 e. The number of benzene rings is 2. The highest BCUT2D eigenvalue weighted by Crippen LogP contribution is 2.36. The van der Waals surface area contributed by atoms with Crippen molar-refractivity contribution in [2.45, 2.75) is 23.0 Å². The minimum atomic E-state index is -3.63. The van der Waals surface area contributed by atoms with Crippen LogP contribution in [0.5, 0.6) is 0 Å². The van der Waals surface area contributed by atoms with Crippen molar-refractivity contribution in [2.24, 2.45) is 0 Å². The molecule has 30 heavy (non-hydrogen) atoms. The van der Waals surface area contributed by atoms with Gasteiger partial charge in [-0.3, -0.25) is 0 Å². The van der Waals surface area contributed by atoms with E-state index < -0.39 is 20.9 Å². The fraction of sp³-hybridized carbons (Fsp3) is 0.250. The molecule has 1 aliphatic heterocycles. The quantitative estimate of drug-likeness (QED) is 0.388. The van der Waals surface area contributed by atoms with Gasteiger partial charge in [-0.25, -0.2) is 17.8 Å². The Bertz CT molecular complexity index is 1190. The molecule has 1 fully saturated rings. The van der Waals surface area contributed by atoms with Crippen LogP contribution in [0.2, 0.25) is 15.1 Å². The average Bonchev–Trinajstić information content (AvgIpc) is 3.17. The Hall–Kier alpha value is -1.38. The number of sulfone groups is 1. The third kappa shape index (κ3) is 4.32. The van der Waals surface area contributed by atoms with E-state index >= 15 is 0 Å². The number of aromatic nitrogens is 1. The van der Waals surface area contributed by atoms with Crippen molar-refractivity contribution in [1.82, 2.24) is 4.98 Å². The molecule has 1 saturated heterocycles. The van der Waals surface area contributed by atoms with E-state index in [1.54, 1.807) is 12.1 Å². The molecule has 1 aromatic heterocycles. The van der Waals surface area contributed by atoms with Gasteiger partial charge in [0.15, 0.2) is 15.0 Å². The van der Waals surface area contributed by atoms with Crippen molar-refractivity contribution in [3.8, 4) is 11.3 Å². The minimum Gasteiger partial charge on any atom is -0.348 e. The first-order chi connectivity index (χ1) is 14.3. The summed E-state index contributed by atoms with van der Waals surface area (Å²) < 4.78 is 39.2. The summed E-state index contributed by atoms with van der Waals surface area (Å²) >= 11 is 19.7. The molecule has 4 rings (SSSR count). The van der Waals surface area contributed by atoms with Crippen LogP contribution in [0.25, 0.3) is 11.3 Å². The molecule has 0 bridgehead atoms. The first kappa shape index (κ1) is 21.8. The highest BCUT2D eigenvalue weighted by Gasteiger charge is 2.33. The highest BCUT2D eigenvalue weighted by atomic mass is 35.5. The van der Waals surface area contributed by atoms with Gasteiger partial charge in [0, 0.05) is 29.1 Å². The maximum Gasteiger partial charge on any atom is 0.185 e. The molecule has 0 amide bonds. The van der Waals surface area contributed by atoms with Crippen molar-refractivity contribution in [1.29, 1.82) is 0 Å². The topological polar surface area (TPSA) is 50.3 Å². The Kier molecular flexibility index (Phi) is 6.28. The molecule has 2 heterocycles. The van der Waals surface area contributed by atoms with Crippen LogP contribution in [0.1, 0.15) is 12.8 Å². The van der Waals surface area contributed by atoms with Gasteiger partial charge in [-0.15, -0.1) is 11.3 Å². The van der Waals surface area contributed by atoms with Crippen LogP contribution in [-0.2, 0) is 9.84 Å². The summed E-state index contributed by atoms with van der Waals surface area (Å²) in [7, 11) is -3.63. The second kappa shape index (κ2) is 8.63. The number of thiazole rings is 1. The lowest BCUT2D eigenvalue weighted by molar-refractivity contribution is 0.529. The Balaban J connectivity index is 1.48. The number of anilines is 1. The lowest BCUT2D eigenvalue weighted by atomic mass is 10.1. The molecule has 0 N–H and O–H groups in total. The van der Waals surface area contributed by atoms with Gasteiger partial charge in [0.2, 0.25) is 0 Å². The number of nitrogens with zero attached hydrogens (tertiary/aromatic N) is 2. The summed E-state index contributed by atoms with van der Waals surface area (Å²) in [5.41, 5.74) is 1.55. The van der Waals surface area contributed by atoms with E-state index in [0.29, 0.717) is 36.0 Å². The van der Waals surface area contributed by atoms with E-state index in [-0.39, 0.29) is 9.92 Å². The summed E-state index contributed by atoms with van der Waals surface area (Å²) in [4.78, 5) is 6.72. The summed E-state index contributed by atoms with van der Waals surface area (Å²) in [5, 5.41) is 3.17. The number of hydrogen-bond acceptors (Lipinski definition) is 5. The van der Waals surface area contributed by atoms with Crippen LogP contribution < -0.4 is 4.90 Å². The fourth-order valence-electron chi connectivity index (χ4n) is 3.47. The maximum absolute atomic E-state index is 13.3. The van der Waals surface area contributed by atoms with Crippen LogP contribution in [-0.4, -0.2) is 31.7 Å². The van der Waals surface area contributed by atoms with Gasteiger partial charge >= 0.3 is 0 Å². The van der Waals surface area contributed by atoms with Gasteiger partial charge in [-0.2, -0.15) is 0 Å². The number of halogens is 4. The number of hydrogen-bond donors (Lipinski definition) is 0. The second-order valence-electron chi connectivity index (χ2n) is 6.95. The van der Waals surface area contributed by atoms with Crippen molar-refractivity contribution >= 4 is 61.1 Å². The summed E-state index contributed by atoms with van der Waals surface area (Å²) in [6.07, 6.45) is 0.874. The van der Waals surface area contributed by atoms with E-state index in [0.717, 1.165) is 28.5 Å². The zero-order valence-electron chi connectivity index (χ0n) is 15.5. The van der Waals surface area contributed by atoms with Crippen LogP contribution in [0.4, 0.5) is 9.52 Å². The zero-order valence-corrected chi connectivity index (χ0v) is 19.4. The molecule has 4 nitrogen and oxygen atoms in total. The molecule has 0 spiro atoms. The summed E-state index contributed by atoms with van der Waals surface area (Å²) in [6, 6.07) is 8.65.